The number of benzene rings is 1. The van der Waals surface area contributed by atoms with Crippen molar-refractivity contribution in [3.05, 3.63) is 23.8 Å². The first-order valence-electron chi connectivity index (χ1n) is 6.29. The number of hydrogen-bond acceptors (Lipinski definition) is 4. The van der Waals surface area contributed by atoms with Gasteiger partial charge in [-0.1, -0.05) is 0 Å². The van der Waals surface area contributed by atoms with Gasteiger partial charge in [-0.15, -0.1) is 0 Å². The predicted octanol–water partition coefficient (Wildman–Crippen LogP) is 1.89. The number of nitrogen functional groups attached to an aromatic ring is 1. The Labute approximate surface area is 109 Å². The molecular formula is C14H22N2O2. The Morgan fingerprint density at radius 2 is 2.22 bits per heavy atom. The molecule has 1 aliphatic rings. The minimum Gasteiger partial charge on any atom is -0.496 e. The number of anilines is 1. The molecule has 4 nitrogen and oxygen atoms in total. The summed E-state index contributed by atoms with van der Waals surface area (Å²) in [6, 6.07) is 5.78. The number of ether oxygens (including phenoxy) is 2. The third kappa shape index (κ3) is 3.15. The largest absolute Gasteiger partial charge is 0.496 e. The second kappa shape index (κ2) is 5.16. The number of methoxy groups -OCH3 is 1. The maximum atomic E-state index is 5.84. The second-order valence-corrected chi connectivity index (χ2v) is 5.39. The molecule has 0 spiro atoms. The standard InChI is InChI=1S/C14H22N2O2/c1-14(2)10-16(6-7-18-14)9-11-8-12(15)4-5-13(11)17-3/h4-5,8H,6-7,9-10,15H2,1-3H3. The number of nitrogens with two attached hydrogens (primary N) is 1. The summed E-state index contributed by atoms with van der Waals surface area (Å²) in [6.07, 6.45) is 0. The first-order valence-corrected chi connectivity index (χ1v) is 6.29. The molecule has 1 aromatic rings. The van der Waals surface area contributed by atoms with E-state index in [1.807, 2.05) is 18.2 Å². The molecule has 18 heavy (non-hydrogen) atoms. The molecule has 0 atom stereocenters. The fourth-order valence-corrected chi connectivity index (χ4v) is 2.41. The van der Waals surface area contributed by atoms with Gasteiger partial charge < -0.3 is 15.2 Å². The van der Waals surface area contributed by atoms with Crippen molar-refractivity contribution in [3.63, 3.8) is 0 Å². The summed E-state index contributed by atoms with van der Waals surface area (Å²) in [4.78, 5) is 2.38. The normalized spacial score (nSPS) is 19.7. The zero-order valence-electron chi connectivity index (χ0n) is 11.4. The van der Waals surface area contributed by atoms with Gasteiger partial charge in [0.15, 0.2) is 0 Å². The number of morpholine rings is 1. The lowest BCUT2D eigenvalue weighted by Gasteiger charge is -2.38. The summed E-state index contributed by atoms with van der Waals surface area (Å²) < 4.78 is 11.1. The van der Waals surface area contributed by atoms with E-state index in [1.165, 1.54) is 0 Å². The molecule has 4 heteroatoms. The van der Waals surface area contributed by atoms with Crippen LogP contribution in [0.3, 0.4) is 0 Å². The van der Waals surface area contributed by atoms with Gasteiger partial charge in [-0.25, -0.2) is 0 Å². The molecular weight excluding hydrogens is 228 g/mol. The summed E-state index contributed by atoms with van der Waals surface area (Å²) in [5.41, 5.74) is 7.67. The van der Waals surface area contributed by atoms with Gasteiger partial charge in [0, 0.05) is 30.9 Å². The molecule has 1 fully saturated rings. The molecule has 2 N–H and O–H groups in total. The van der Waals surface area contributed by atoms with Crippen molar-refractivity contribution in [2.24, 2.45) is 0 Å². The van der Waals surface area contributed by atoms with Crippen LogP contribution in [0.2, 0.25) is 0 Å². The lowest BCUT2D eigenvalue weighted by atomic mass is 10.1. The van der Waals surface area contributed by atoms with Crippen LogP contribution in [0.1, 0.15) is 19.4 Å². The molecule has 2 rings (SSSR count). The zero-order valence-corrected chi connectivity index (χ0v) is 11.4. The van der Waals surface area contributed by atoms with Crippen molar-refractivity contribution in [1.82, 2.24) is 4.90 Å². The van der Waals surface area contributed by atoms with Crippen LogP contribution in [0.15, 0.2) is 18.2 Å². The van der Waals surface area contributed by atoms with E-state index < -0.39 is 0 Å². The first-order chi connectivity index (χ1) is 8.50. The Morgan fingerprint density at radius 1 is 1.44 bits per heavy atom. The van der Waals surface area contributed by atoms with Crippen molar-refractivity contribution in [1.29, 1.82) is 0 Å². The van der Waals surface area contributed by atoms with E-state index in [0.717, 1.165) is 43.2 Å². The molecule has 0 unspecified atom stereocenters. The van der Waals surface area contributed by atoms with Gasteiger partial charge in [0.2, 0.25) is 0 Å². The zero-order chi connectivity index (χ0) is 13.2. The summed E-state index contributed by atoms with van der Waals surface area (Å²) >= 11 is 0. The quantitative estimate of drug-likeness (QED) is 0.832. The summed E-state index contributed by atoms with van der Waals surface area (Å²) in [6.45, 7) is 7.73. The Bertz CT molecular complexity index is 418. The topological polar surface area (TPSA) is 47.7 Å². The van der Waals surface area contributed by atoms with Gasteiger partial charge in [0.25, 0.3) is 0 Å². The van der Waals surface area contributed by atoms with Gasteiger partial charge in [0.05, 0.1) is 19.3 Å². The van der Waals surface area contributed by atoms with Crippen molar-refractivity contribution < 1.29 is 9.47 Å². The third-order valence-corrected chi connectivity index (χ3v) is 3.20. The number of nitrogens with zero attached hydrogens (tertiary/aromatic N) is 1. The van der Waals surface area contributed by atoms with Gasteiger partial charge >= 0.3 is 0 Å². The smallest absolute Gasteiger partial charge is 0.123 e. The highest BCUT2D eigenvalue weighted by Crippen LogP contribution is 2.25. The van der Waals surface area contributed by atoms with Crippen molar-refractivity contribution in [2.75, 3.05) is 32.5 Å². The van der Waals surface area contributed by atoms with Crippen LogP contribution in [0, 0.1) is 0 Å². The molecule has 1 saturated heterocycles. The highest BCUT2D eigenvalue weighted by molar-refractivity contribution is 5.47. The van der Waals surface area contributed by atoms with Crippen LogP contribution in [0.25, 0.3) is 0 Å². The average molecular weight is 250 g/mol. The minimum atomic E-state index is -0.0776. The van der Waals surface area contributed by atoms with Crippen LogP contribution < -0.4 is 10.5 Å². The molecule has 0 aromatic heterocycles. The molecule has 1 aromatic carbocycles. The molecule has 1 aliphatic heterocycles. The fourth-order valence-electron chi connectivity index (χ4n) is 2.41. The van der Waals surface area contributed by atoms with Crippen LogP contribution in [-0.4, -0.2) is 37.3 Å². The third-order valence-electron chi connectivity index (χ3n) is 3.20. The minimum absolute atomic E-state index is 0.0776. The molecule has 0 bridgehead atoms. The Hall–Kier alpha value is -1.26. The number of hydrogen-bond donors (Lipinski definition) is 1. The summed E-state index contributed by atoms with van der Waals surface area (Å²) in [5.74, 6) is 0.897. The monoisotopic (exact) mass is 250 g/mol. The lowest BCUT2D eigenvalue weighted by molar-refractivity contribution is -0.0883. The van der Waals surface area contributed by atoms with Crippen molar-refractivity contribution >= 4 is 5.69 Å². The van der Waals surface area contributed by atoms with E-state index in [4.69, 9.17) is 15.2 Å². The Kier molecular flexibility index (Phi) is 3.78. The molecule has 0 amide bonds. The molecule has 1 heterocycles. The van der Waals surface area contributed by atoms with E-state index in [-0.39, 0.29) is 5.60 Å². The highest BCUT2D eigenvalue weighted by Gasteiger charge is 2.27. The van der Waals surface area contributed by atoms with Crippen LogP contribution in [0.5, 0.6) is 5.75 Å². The summed E-state index contributed by atoms with van der Waals surface area (Å²) in [5, 5.41) is 0. The van der Waals surface area contributed by atoms with E-state index in [9.17, 15) is 0 Å². The average Bonchev–Trinajstić information content (AvgIpc) is 2.28. The van der Waals surface area contributed by atoms with Gasteiger partial charge in [-0.2, -0.15) is 0 Å². The van der Waals surface area contributed by atoms with E-state index in [2.05, 4.69) is 18.7 Å². The van der Waals surface area contributed by atoms with Gasteiger partial charge in [0.1, 0.15) is 5.75 Å². The predicted molar refractivity (Wildman–Crippen MR) is 72.7 cm³/mol. The van der Waals surface area contributed by atoms with Gasteiger partial charge in [-0.05, 0) is 32.0 Å². The van der Waals surface area contributed by atoms with E-state index in [1.54, 1.807) is 7.11 Å². The second-order valence-electron chi connectivity index (χ2n) is 5.39. The Balaban J connectivity index is 2.11. The van der Waals surface area contributed by atoms with Crippen LogP contribution in [0.4, 0.5) is 5.69 Å². The maximum Gasteiger partial charge on any atom is 0.123 e. The molecule has 100 valence electrons. The first kappa shape index (κ1) is 13.2. The SMILES string of the molecule is COc1ccc(N)cc1CN1CCOC(C)(C)C1. The lowest BCUT2D eigenvalue weighted by Crippen LogP contribution is -2.47. The van der Waals surface area contributed by atoms with Crippen molar-refractivity contribution in [2.45, 2.75) is 26.0 Å². The molecule has 0 radical (unpaired) electrons. The highest BCUT2D eigenvalue weighted by atomic mass is 16.5. The van der Waals surface area contributed by atoms with E-state index in [0.29, 0.717) is 0 Å². The fraction of sp³-hybridized carbons (Fsp3) is 0.571. The summed E-state index contributed by atoms with van der Waals surface area (Å²) in [7, 11) is 1.69. The molecule has 0 saturated carbocycles. The number of rotatable bonds is 3. The van der Waals surface area contributed by atoms with Gasteiger partial charge in [-0.3, -0.25) is 4.90 Å². The molecule has 0 aliphatic carbocycles. The van der Waals surface area contributed by atoms with Crippen LogP contribution in [-0.2, 0) is 11.3 Å². The Morgan fingerprint density at radius 3 is 2.89 bits per heavy atom. The van der Waals surface area contributed by atoms with E-state index >= 15 is 0 Å². The maximum absolute atomic E-state index is 5.84. The van der Waals surface area contributed by atoms with Crippen molar-refractivity contribution in [3.8, 4) is 5.75 Å². The van der Waals surface area contributed by atoms with Crippen LogP contribution >= 0.6 is 0 Å².